The number of allylic oxidation sites excluding steroid dienone is 4. The highest BCUT2D eigenvalue weighted by molar-refractivity contribution is 7.85. The van der Waals surface area contributed by atoms with Crippen LogP contribution >= 0.6 is 0 Å². The van der Waals surface area contributed by atoms with Crippen molar-refractivity contribution in [2.45, 2.75) is 173 Å². The molecule has 4 N–H and O–H groups in total. The fraction of sp³-hybridized carbons (Fsp3) is 0.833. The first-order valence-electron chi connectivity index (χ1n) is 18.4. The van der Waals surface area contributed by atoms with E-state index >= 15 is 0 Å². The van der Waals surface area contributed by atoms with Gasteiger partial charge in [0.25, 0.3) is 10.1 Å². The van der Waals surface area contributed by atoms with E-state index in [1.807, 2.05) is 12.2 Å². The molecule has 6 atom stereocenters. The molecular formula is C36H64O12S. The van der Waals surface area contributed by atoms with E-state index in [1.54, 1.807) is 0 Å². The lowest BCUT2D eigenvalue weighted by Gasteiger charge is -2.40. The highest BCUT2D eigenvalue weighted by atomic mass is 32.2. The zero-order valence-electron chi connectivity index (χ0n) is 29.8. The molecule has 12 nitrogen and oxygen atoms in total. The van der Waals surface area contributed by atoms with Crippen molar-refractivity contribution in [1.29, 1.82) is 0 Å². The van der Waals surface area contributed by atoms with Crippen LogP contribution in [0, 0.1) is 0 Å². The minimum absolute atomic E-state index is 0.0601. The van der Waals surface area contributed by atoms with Gasteiger partial charge in [0, 0.05) is 12.8 Å². The summed E-state index contributed by atoms with van der Waals surface area (Å²) < 4.78 is 53.6. The van der Waals surface area contributed by atoms with E-state index in [4.69, 9.17) is 18.9 Å². The van der Waals surface area contributed by atoms with E-state index in [0.717, 1.165) is 32.1 Å². The molecule has 1 saturated heterocycles. The molecule has 3 unspecified atom stereocenters. The lowest BCUT2D eigenvalue weighted by Crippen LogP contribution is -2.60. The van der Waals surface area contributed by atoms with E-state index < -0.39 is 71.2 Å². The SMILES string of the molecule is CCCCCCCC/C=C/C/C=C/CCC(=O)OC(COC(=O)CCCCCCCCCC)CO[C@H]1O[C@H](CS(=O)(=O)O)[C@@H](O)C(O)C1O. The average molecular weight is 721 g/mol. The predicted octanol–water partition coefficient (Wildman–Crippen LogP) is 5.72. The Morgan fingerprint density at radius 2 is 1.27 bits per heavy atom. The van der Waals surface area contributed by atoms with Gasteiger partial charge in [0.1, 0.15) is 36.8 Å². The van der Waals surface area contributed by atoms with Gasteiger partial charge in [-0.05, 0) is 32.1 Å². The first-order chi connectivity index (χ1) is 23.5. The molecule has 0 bridgehead atoms. The number of aliphatic hydroxyl groups is 3. The molecule has 1 aliphatic heterocycles. The second kappa shape index (κ2) is 27.8. The van der Waals surface area contributed by atoms with Crippen LogP contribution in [0.3, 0.4) is 0 Å². The molecule has 1 fully saturated rings. The number of rotatable bonds is 29. The van der Waals surface area contributed by atoms with Gasteiger partial charge in [-0.15, -0.1) is 0 Å². The zero-order chi connectivity index (χ0) is 36.3. The Morgan fingerprint density at radius 3 is 1.88 bits per heavy atom. The molecule has 13 heteroatoms. The normalized spacial score (nSPS) is 22.1. The summed E-state index contributed by atoms with van der Waals surface area (Å²) in [7, 11) is -4.60. The van der Waals surface area contributed by atoms with E-state index in [1.165, 1.54) is 64.2 Å². The van der Waals surface area contributed by atoms with E-state index in [0.29, 0.717) is 12.8 Å². The largest absolute Gasteiger partial charge is 0.462 e. The van der Waals surface area contributed by atoms with Crippen LogP contribution in [0.25, 0.3) is 0 Å². The molecule has 0 amide bonds. The van der Waals surface area contributed by atoms with Crippen LogP contribution < -0.4 is 0 Å². The number of aliphatic hydroxyl groups excluding tert-OH is 3. The van der Waals surface area contributed by atoms with Crippen LogP contribution in [-0.4, -0.2) is 96.0 Å². The van der Waals surface area contributed by atoms with E-state index in [-0.39, 0.29) is 19.4 Å². The third-order valence-corrected chi connectivity index (χ3v) is 9.05. The van der Waals surface area contributed by atoms with Gasteiger partial charge in [0.2, 0.25) is 0 Å². The molecule has 0 aromatic rings. The summed E-state index contributed by atoms with van der Waals surface area (Å²) in [6.07, 6.45) is 17.1. The summed E-state index contributed by atoms with van der Waals surface area (Å²) in [4.78, 5) is 25.0. The number of carbonyl (C=O) groups is 2. The molecule has 0 aliphatic carbocycles. The molecule has 0 radical (unpaired) electrons. The Labute approximate surface area is 294 Å². The first kappa shape index (κ1) is 45.2. The predicted molar refractivity (Wildman–Crippen MR) is 187 cm³/mol. The summed E-state index contributed by atoms with van der Waals surface area (Å²) in [5, 5.41) is 30.6. The Bertz CT molecular complexity index is 1030. The van der Waals surface area contributed by atoms with Crippen LogP contribution in [0.4, 0.5) is 0 Å². The minimum atomic E-state index is -4.60. The Morgan fingerprint density at radius 1 is 0.694 bits per heavy atom. The summed E-state index contributed by atoms with van der Waals surface area (Å²) in [5.41, 5.74) is 0. The van der Waals surface area contributed by atoms with Crippen molar-refractivity contribution in [3.8, 4) is 0 Å². The van der Waals surface area contributed by atoms with Crippen LogP contribution in [0.1, 0.15) is 136 Å². The van der Waals surface area contributed by atoms with Crippen LogP contribution in [0.2, 0.25) is 0 Å². The lowest BCUT2D eigenvalue weighted by molar-refractivity contribution is -0.297. The van der Waals surface area contributed by atoms with Gasteiger partial charge in [-0.2, -0.15) is 8.42 Å². The topological polar surface area (TPSA) is 186 Å². The number of carbonyl (C=O) groups excluding carboxylic acids is 2. The quantitative estimate of drug-likeness (QED) is 0.0319. The van der Waals surface area contributed by atoms with Crippen molar-refractivity contribution in [3.05, 3.63) is 24.3 Å². The monoisotopic (exact) mass is 720 g/mol. The average Bonchev–Trinajstić information content (AvgIpc) is 3.05. The maximum atomic E-state index is 12.6. The molecular weight excluding hydrogens is 656 g/mol. The number of esters is 2. The lowest BCUT2D eigenvalue weighted by atomic mass is 10.00. The highest BCUT2D eigenvalue weighted by Crippen LogP contribution is 2.23. The number of unbranched alkanes of at least 4 members (excludes halogenated alkanes) is 13. The first-order valence-corrected chi connectivity index (χ1v) is 20.0. The summed E-state index contributed by atoms with van der Waals surface area (Å²) >= 11 is 0. The van der Waals surface area contributed by atoms with Crippen molar-refractivity contribution < 1.29 is 56.8 Å². The van der Waals surface area contributed by atoms with Gasteiger partial charge in [-0.25, -0.2) is 0 Å². The van der Waals surface area contributed by atoms with E-state index in [9.17, 15) is 37.9 Å². The third kappa shape index (κ3) is 23.3. The van der Waals surface area contributed by atoms with Crippen molar-refractivity contribution in [2.24, 2.45) is 0 Å². The Hall–Kier alpha value is -1.87. The molecule has 1 rings (SSSR count). The van der Waals surface area contributed by atoms with Gasteiger partial charge < -0.3 is 34.3 Å². The van der Waals surface area contributed by atoms with Crippen LogP contribution in [0.15, 0.2) is 24.3 Å². The van der Waals surface area contributed by atoms with E-state index in [2.05, 4.69) is 26.0 Å². The molecule has 0 aromatic heterocycles. The summed E-state index contributed by atoms with van der Waals surface area (Å²) in [6, 6.07) is 0. The van der Waals surface area contributed by atoms with Crippen LogP contribution in [-0.2, 0) is 38.7 Å². The molecule has 0 saturated carbocycles. The Balaban J connectivity index is 2.60. The molecule has 0 spiro atoms. The summed E-state index contributed by atoms with van der Waals surface area (Å²) in [6.45, 7) is 3.62. The molecule has 0 aromatic carbocycles. The van der Waals surface area contributed by atoms with Gasteiger partial charge in [-0.1, -0.05) is 115 Å². The number of hydrogen-bond acceptors (Lipinski definition) is 11. The fourth-order valence-corrected chi connectivity index (χ4v) is 6.07. The number of hydrogen-bond donors (Lipinski definition) is 4. The second-order valence-corrected chi connectivity index (χ2v) is 14.4. The van der Waals surface area contributed by atoms with Crippen molar-refractivity contribution >= 4 is 22.1 Å². The highest BCUT2D eigenvalue weighted by Gasteiger charge is 2.46. The van der Waals surface area contributed by atoms with Crippen molar-refractivity contribution in [2.75, 3.05) is 19.0 Å². The molecule has 1 aliphatic rings. The summed E-state index contributed by atoms with van der Waals surface area (Å²) in [5.74, 6) is -2.07. The molecule has 49 heavy (non-hydrogen) atoms. The standard InChI is InChI=1S/C36H64O12S/c1-3-5-7-9-11-13-14-15-16-17-19-21-23-25-32(38)47-29(26-45-31(37)24-22-20-18-12-10-8-6-4-2)27-46-36-35(41)34(40)33(39)30(48-36)28-49(42,43)44/h15-16,19,21,29-30,33-36,39-41H,3-14,17-18,20,22-28H2,1-2H3,(H,42,43,44)/b16-15+,21-19+/t29?,30-,33-,34?,35?,36+/m1/s1. The third-order valence-electron chi connectivity index (χ3n) is 8.30. The van der Waals surface area contributed by atoms with Gasteiger partial charge >= 0.3 is 11.9 Å². The molecule has 286 valence electrons. The maximum Gasteiger partial charge on any atom is 0.306 e. The second-order valence-electron chi connectivity index (χ2n) is 12.9. The van der Waals surface area contributed by atoms with Gasteiger partial charge in [-0.3, -0.25) is 14.1 Å². The van der Waals surface area contributed by atoms with Crippen molar-refractivity contribution in [3.63, 3.8) is 0 Å². The minimum Gasteiger partial charge on any atom is -0.462 e. The fourth-order valence-electron chi connectivity index (χ4n) is 5.37. The smallest absolute Gasteiger partial charge is 0.306 e. The van der Waals surface area contributed by atoms with Gasteiger partial charge in [0.05, 0.1) is 6.61 Å². The Kier molecular flexibility index (Phi) is 25.6. The van der Waals surface area contributed by atoms with Crippen molar-refractivity contribution in [1.82, 2.24) is 0 Å². The maximum absolute atomic E-state index is 12.6. The van der Waals surface area contributed by atoms with Crippen LogP contribution in [0.5, 0.6) is 0 Å². The van der Waals surface area contributed by atoms with Gasteiger partial charge in [0.15, 0.2) is 12.4 Å². The zero-order valence-corrected chi connectivity index (χ0v) is 30.6. The number of ether oxygens (including phenoxy) is 4. The molecule has 1 heterocycles.